The molecule has 0 amide bonds. The van der Waals surface area contributed by atoms with E-state index in [-0.39, 0.29) is 0 Å². The van der Waals surface area contributed by atoms with E-state index in [4.69, 9.17) is 0 Å². The van der Waals surface area contributed by atoms with Crippen LogP contribution in [-0.2, 0) is 0 Å². The molecule has 0 aromatic heterocycles. The van der Waals surface area contributed by atoms with Crippen molar-refractivity contribution >= 4 is 22.5 Å². The van der Waals surface area contributed by atoms with Crippen LogP contribution in [0.1, 0.15) is 5.56 Å². The molecule has 1 aliphatic rings. The van der Waals surface area contributed by atoms with Crippen LogP contribution in [0.3, 0.4) is 0 Å². The first-order chi connectivity index (χ1) is 6.95. The van der Waals surface area contributed by atoms with Gasteiger partial charge in [-0.2, -0.15) is 0 Å². The second kappa shape index (κ2) is 2.88. The van der Waals surface area contributed by atoms with E-state index in [0.29, 0.717) is 0 Å². The third-order valence-corrected chi connectivity index (χ3v) is 2.67. The summed E-state index contributed by atoms with van der Waals surface area (Å²) in [6.45, 7) is 0.936. The Hall–Kier alpha value is -1.76. The van der Waals surface area contributed by atoms with Gasteiger partial charge >= 0.3 is 0 Å². The zero-order chi connectivity index (χ0) is 9.38. The molecule has 0 atom stereocenters. The van der Waals surface area contributed by atoms with Crippen LogP contribution in [0.5, 0.6) is 0 Å². The average Bonchev–Trinajstić information content (AvgIpc) is 2.29. The van der Waals surface area contributed by atoms with Gasteiger partial charge in [-0.3, -0.25) is 0 Å². The first-order valence-corrected chi connectivity index (χ1v) is 4.87. The highest BCUT2D eigenvalue weighted by molar-refractivity contribution is 5.96. The van der Waals surface area contributed by atoms with Gasteiger partial charge in [0.25, 0.3) is 0 Å². The van der Waals surface area contributed by atoms with Gasteiger partial charge in [-0.1, -0.05) is 42.5 Å². The quantitative estimate of drug-likeness (QED) is 0.657. The van der Waals surface area contributed by atoms with Gasteiger partial charge in [0, 0.05) is 17.8 Å². The molecule has 14 heavy (non-hydrogen) atoms. The molecule has 0 spiro atoms. The van der Waals surface area contributed by atoms with E-state index in [1.807, 2.05) is 0 Å². The molecule has 1 heteroatoms. The maximum Gasteiger partial charge on any atom is 0.0422 e. The van der Waals surface area contributed by atoms with Gasteiger partial charge in [0.1, 0.15) is 0 Å². The van der Waals surface area contributed by atoms with Crippen LogP contribution in [0.25, 0.3) is 16.8 Å². The van der Waals surface area contributed by atoms with Crippen molar-refractivity contribution in [1.82, 2.24) is 0 Å². The SMILES string of the molecule is C1=Cc2c(ccc3ccccc23)NC1. The third kappa shape index (κ3) is 1.02. The van der Waals surface area contributed by atoms with Gasteiger partial charge in [-0.15, -0.1) is 0 Å². The lowest BCUT2D eigenvalue weighted by molar-refractivity contribution is 1.32. The van der Waals surface area contributed by atoms with Gasteiger partial charge < -0.3 is 5.32 Å². The van der Waals surface area contributed by atoms with Crippen LogP contribution in [0.4, 0.5) is 5.69 Å². The normalized spacial score (nSPS) is 13.7. The number of rotatable bonds is 0. The largest absolute Gasteiger partial charge is 0.381 e. The Balaban J connectivity index is 2.42. The first kappa shape index (κ1) is 7.63. The summed E-state index contributed by atoms with van der Waals surface area (Å²) < 4.78 is 0. The van der Waals surface area contributed by atoms with Crippen molar-refractivity contribution in [2.75, 3.05) is 11.9 Å². The summed E-state index contributed by atoms with van der Waals surface area (Å²) in [5, 5.41) is 6.00. The Morgan fingerprint density at radius 3 is 2.93 bits per heavy atom. The van der Waals surface area contributed by atoms with Gasteiger partial charge in [0.2, 0.25) is 0 Å². The van der Waals surface area contributed by atoms with E-state index in [1.54, 1.807) is 0 Å². The minimum Gasteiger partial charge on any atom is -0.381 e. The first-order valence-electron chi connectivity index (χ1n) is 4.87. The highest BCUT2D eigenvalue weighted by Crippen LogP contribution is 2.29. The molecule has 1 aliphatic heterocycles. The smallest absolute Gasteiger partial charge is 0.0422 e. The van der Waals surface area contributed by atoms with Gasteiger partial charge in [-0.25, -0.2) is 0 Å². The Morgan fingerprint density at radius 2 is 1.93 bits per heavy atom. The zero-order valence-corrected chi connectivity index (χ0v) is 7.83. The summed E-state index contributed by atoms with van der Waals surface area (Å²) in [7, 11) is 0. The second-order valence-corrected chi connectivity index (χ2v) is 3.53. The lowest BCUT2D eigenvalue weighted by atomic mass is 10.0. The summed E-state index contributed by atoms with van der Waals surface area (Å²) >= 11 is 0. The molecule has 0 fully saturated rings. The number of benzene rings is 2. The molecule has 68 valence electrons. The van der Waals surface area contributed by atoms with Gasteiger partial charge in [-0.05, 0) is 16.8 Å². The molecule has 3 rings (SSSR count). The fourth-order valence-electron chi connectivity index (χ4n) is 1.97. The van der Waals surface area contributed by atoms with E-state index in [1.165, 1.54) is 22.0 Å². The molecular formula is C13H11N. The Bertz CT molecular complexity index is 512. The van der Waals surface area contributed by atoms with E-state index in [2.05, 4.69) is 53.9 Å². The molecular weight excluding hydrogens is 170 g/mol. The number of hydrogen-bond donors (Lipinski definition) is 1. The third-order valence-electron chi connectivity index (χ3n) is 2.67. The predicted molar refractivity (Wildman–Crippen MR) is 61.5 cm³/mol. The fraction of sp³-hybridized carbons (Fsp3) is 0.0769. The van der Waals surface area contributed by atoms with E-state index in [9.17, 15) is 0 Å². The van der Waals surface area contributed by atoms with Crippen molar-refractivity contribution in [2.45, 2.75) is 0 Å². The standard InChI is InChI=1S/C13H11N/c1-2-5-11-10(4-1)7-8-13-12(11)6-3-9-14-13/h1-8,14H,9H2. The van der Waals surface area contributed by atoms with Crippen LogP contribution in [0.15, 0.2) is 42.5 Å². The van der Waals surface area contributed by atoms with Crippen molar-refractivity contribution in [3.63, 3.8) is 0 Å². The fourth-order valence-corrected chi connectivity index (χ4v) is 1.97. The summed E-state index contributed by atoms with van der Waals surface area (Å²) in [6.07, 6.45) is 4.36. The lowest BCUT2D eigenvalue weighted by Gasteiger charge is -2.14. The minimum atomic E-state index is 0.936. The molecule has 2 aromatic carbocycles. The van der Waals surface area contributed by atoms with Crippen LogP contribution in [0, 0.1) is 0 Å². The van der Waals surface area contributed by atoms with Gasteiger partial charge in [0.15, 0.2) is 0 Å². The van der Waals surface area contributed by atoms with Crippen LogP contribution in [-0.4, -0.2) is 6.54 Å². The predicted octanol–water partition coefficient (Wildman–Crippen LogP) is 3.28. The van der Waals surface area contributed by atoms with Gasteiger partial charge in [0.05, 0.1) is 0 Å². The summed E-state index contributed by atoms with van der Waals surface area (Å²) in [5.41, 5.74) is 2.56. The number of nitrogens with one attached hydrogen (secondary N) is 1. The molecule has 0 saturated heterocycles. The van der Waals surface area contributed by atoms with E-state index >= 15 is 0 Å². The molecule has 0 saturated carbocycles. The molecule has 2 aromatic rings. The lowest BCUT2D eigenvalue weighted by Crippen LogP contribution is -2.04. The molecule has 1 heterocycles. The maximum atomic E-state index is 3.37. The van der Waals surface area contributed by atoms with Crippen LogP contribution >= 0.6 is 0 Å². The highest BCUT2D eigenvalue weighted by Gasteiger charge is 2.06. The number of hydrogen-bond acceptors (Lipinski definition) is 1. The molecule has 0 radical (unpaired) electrons. The summed E-state index contributed by atoms with van der Waals surface area (Å²) in [5.74, 6) is 0. The maximum absolute atomic E-state index is 3.37. The van der Waals surface area contributed by atoms with Crippen molar-refractivity contribution in [3.05, 3.63) is 48.0 Å². The Morgan fingerprint density at radius 1 is 1.00 bits per heavy atom. The van der Waals surface area contributed by atoms with E-state index < -0.39 is 0 Å². The second-order valence-electron chi connectivity index (χ2n) is 3.53. The zero-order valence-electron chi connectivity index (χ0n) is 7.83. The average molecular weight is 181 g/mol. The van der Waals surface area contributed by atoms with Crippen molar-refractivity contribution in [2.24, 2.45) is 0 Å². The monoisotopic (exact) mass is 181 g/mol. The summed E-state index contributed by atoms with van der Waals surface area (Å²) in [4.78, 5) is 0. The Kier molecular flexibility index (Phi) is 1.57. The van der Waals surface area contributed by atoms with E-state index in [0.717, 1.165) is 6.54 Å². The topological polar surface area (TPSA) is 12.0 Å². The van der Waals surface area contributed by atoms with Crippen molar-refractivity contribution < 1.29 is 0 Å². The number of fused-ring (bicyclic) bond motifs is 3. The number of anilines is 1. The molecule has 0 unspecified atom stereocenters. The van der Waals surface area contributed by atoms with Crippen LogP contribution < -0.4 is 5.32 Å². The minimum absolute atomic E-state index is 0.936. The molecule has 1 nitrogen and oxygen atoms in total. The molecule has 1 N–H and O–H groups in total. The van der Waals surface area contributed by atoms with Crippen LogP contribution in [0.2, 0.25) is 0 Å². The molecule has 0 aliphatic carbocycles. The highest BCUT2D eigenvalue weighted by atomic mass is 14.9. The van der Waals surface area contributed by atoms with Crippen molar-refractivity contribution in [3.8, 4) is 0 Å². The summed E-state index contributed by atoms with van der Waals surface area (Å²) in [6, 6.07) is 12.8. The van der Waals surface area contributed by atoms with Crippen molar-refractivity contribution in [1.29, 1.82) is 0 Å². The molecule has 0 bridgehead atoms. The Labute approximate surface area is 83.1 Å².